The molecule has 0 amide bonds. The van der Waals surface area contributed by atoms with Crippen molar-refractivity contribution in [3.8, 4) is 0 Å². The summed E-state index contributed by atoms with van der Waals surface area (Å²) in [5, 5.41) is 7.77. The van der Waals surface area contributed by atoms with Gasteiger partial charge in [-0.05, 0) is 0 Å². The Morgan fingerprint density at radius 2 is 1.56 bits per heavy atom. The molecule has 3 nitrogen and oxygen atoms in total. The average molecular weight is 154 g/mol. The van der Waals surface area contributed by atoms with Crippen LogP contribution in [0.3, 0.4) is 0 Å². The highest BCUT2D eigenvalue weighted by Gasteiger charge is 2.02. The van der Waals surface area contributed by atoms with Crippen molar-refractivity contribution in [2.24, 2.45) is 0 Å². The van der Waals surface area contributed by atoms with E-state index in [1.54, 1.807) is 0 Å². The molecule has 0 fully saturated rings. The zero-order chi connectivity index (χ0) is 6.69. The number of rotatable bonds is 2. The van der Waals surface area contributed by atoms with Crippen molar-refractivity contribution < 1.29 is 4.42 Å². The fourth-order valence-corrected chi connectivity index (χ4v) is 1.82. The van der Waals surface area contributed by atoms with E-state index in [2.05, 4.69) is 21.8 Å². The van der Waals surface area contributed by atoms with Gasteiger partial charge in [0.2, 0.25) is 0 Å². The Bertz CT molecular complexity index is 170. The summed E-state index contributed by atoms with van der Waals surface area (Å²) in [7, 11) is 0. The van der Waals surface area contributed by atoms with Crippen LogP contribution in [0.25, 0.3) is 0 Å². The molecule has 1 heterocycles. The van der Waals surface area contributed by atoms with Crippen LogP contribution in [-0.4, -0.2) is 40.6 Å². The van der Waals surface area contributed by atoms with Crippen LogP contribution in [0.15, 0.2) is 4.42 Å². The van der Waals surface area contributed by atoms with Crippen LogP contribution in [0.1, 0.15) is 0 Å². The molecule has 0 radical (unpaired) electrons. The summed E-state index contributed by atoms with van der Waals surface area (Å²) in [5.41, 5.74) is 0. The Morgan fingerprint density at radius 3 is 1.78 bits per heavy atom. The van der Waals surface area contributed by atoms with E-state index in [1.165, 1.54) is 0 Å². The van der Waals surface area contributed by atoms with Crippen molar-refractivity contribution in [2.45, 2.75) is 11.6 Å². The van der Waals surface area contributed by atoms with Gasteiger partial charge in [-0.25, -0.2) is 0 Å². The first-order valence-corrected chi connectivity index (χ1v) is 7.42. The number of hydrogen-bond donors (Lipinski definition) is 0. The largest absolute Gasteiger partial charge is 0.465 e. The van der Waals surface area contributed by atoms with E-state index in [-0.39, 0.29) is 30.4 Å². The Labute approximate surface area is 66.3 Å². The third kappa shape index (κ3) is 1.81. The lowest BCUT2D eigenvalue weighted by Gasteiger charge is -1.79. The lowest BCUT2D eigenvalue weighted by atomic mass is 11.4. The quantitative estimate of drug-likeness (QED) is 0.476. The molecule has 0 aliphatic heterocycles. The van der Waals surface area contributed by atoms with Gasteiger partial charge in [-0.3, -0.25) is 0 Å². The summed E-state index contributed by atoms with van der Waals surface area (Å²) in [6.07, 6.45) is 0. The second-order valence-corrected chi connectivity index (χ2v) is 4.42. The molecule has 9 heavy (non-hydrogen) atoms. The Balaban J connectivity index is 2.74. The molecule has 0 saturated heterocycles. The van der Waals surface area contributed by atoms with E-state index in [1.807, 2.05) is 0 Å². The summed E-state index contributed by atoms with van der Waals surface area (Å²) in [6, 6.07) is 0. The number of hydrogen-bond acceptors (Lipinski definition) is 3. The van der Waals surface area contributed by atoms with E-state index in [4.69, 9.17) is 4.42 Å². The maximum Gasteiger partial charge on any atom is 0.374 e. The van der Waals surface area contributed by atoms with Crippen molar-refractivity contribution >= 4 is 39.9 Å². The minimum Gasteiger partial charge on any atom is -0.465 e. The summed E-state index contributed by atoms with van der Waals surface area (Å²) in [6.45, 7) is 0. The summed E-state index contributed by atoms with van der Waals surface area (Å²) < 4.78 is 7.09. The first-order chi connectivity index (χ1) is 4.36. The van der Waals surface area contributed by atoms with Gasteiger partial charge in [-0.1, -0.05) is 0 Å². The summed E-state index contributed by atoms with van der Waals surface area (Å²) in [5.74, 6) is 4.29. The normalized spacial score (nSPS) is 9.11. The van der Waals surface area contributed by atoms with Crippen molar-refractivity contribution in [1.29, 1.82) is 0 Å². The summed E-state index contributed by atoms with van der Waals surface area (Å²) >= 11 is -0.431. The third-order valence-electron chi connectivity index (χ3n) is 1.11. The van der Waals surface area contributed by atoms with Gasteiger partial charge in [0, 0.05) is 0 Å². The fraction of sp³-hybridized carbons (Fsp3) is 0.500. The molecular formula is C4H8Al2N2O. The molecule has 0 aliphatic rings. The van der Waals surface area contributed by atoms with Crippen LogP contribution < -0.4 is 9.51 Å². The molecule has 0 aliphatic carbocycles. The zero-order valence-electron chi connectivity index (χ0n) is 5.72. The highest BCUT2D eigenvalue weighted by molar-refractivity contribution is 6.51. The molecule has 1 rings (SSSR count). The van der Waals surface area contributed by atoms with Gasteiger partial charge in [0.25, 0.3) is 0 Å². The molecule has 5 heteroatoms. The monoisotopic (exact) mass is 154 g/mol. The molecule has 1 aromatic heterocycles. The van der Waals surface area contributed by atoms with Crippen molar-refractivity contribution in [3.63, 3.8) is 0 Å². The van der Waals surface area contributed by atoms with Gasteiger partial charge in [-0.15, -0.1) is 21.8 Å². The van der Waals surface area contributed by atoms with Crippen LogP contribution >= 0.6 is 0 Å². The third-order valence-corrected chi connectivity index (χ3v) is 2.89. The van der Waals surface area contributed by atoms with Crippen molar-refractivity contribution in [3.05, 3.63) is 0 Å². The van der Waals surface area contributed by atoms with Gasteiger partial charge < -0.3 is 4.42 Å². The Morgan fingerprint density at radius 1 is 1.11 bits per heavy atom. The van der Waals surface area contributed by atoms with Gasteiger partial charge in [0.15, 0.2) is 0 Å². The van der Waals surface area contributed by atoms with Gasteiger partial charge >= 0.3 is 30.4 Å². The molecule has 0 atom stereocenters. The Hall–Kier alpha value is 0.205. The Kier molecular flexibility index (Phi) is 2.76. The number of aromatic nitrogens is 2. The molecule has 0 aromatic carbocycles. The molecule has 1 aromatic rings. The lowest BCUT2D eigenvalue weighted by Crippen LogP contribution is -2.13. The van der Waals surface area contributed by atoms with Crippen LogP contribution in [0, 0.1) is 0 Å². The van der Waals surface area contributed by atoms with Crippen LogP contribution in [0.2, 0.25) is 11.6 Å². The maximum absolute atomic E-state index is 5.28. The minimum atomic E-state index is -0.215. The molecule has 0 N–H and O–H groups in total. The first kappa shape index (κ1) is 7.31. The SMILES string of the molecule is [CH3][AlH][c]1nn[c]([AlH][CH3])o1. The smallest absolute Gasteiger partial charge is 0.374 e. The highest BCUT2D eigenvalue weighted by atomic mass is 27.1. The fourth-order valence-electron chi connectivity index (χ4n) is 0.574. The van der Waals surface area contributed by atoms with Crippen LogP contribution in [0.5, 0.6) is 0 Å². The highest BCUT2D eigenvalue weighted by Crippen LogP contribution is 1.66. The molecular weight excluding hydrogens is 146 g/mol. The van der Waals surface area contributed by atoms with Crippen molar-refractivity contribution in [2.75, 3.05) is 0 Å². The predicted molar refractivity (Wildman–Crippen MR) is 39.6 cm³/mol. The maximum atomic E-state index is 5.28. The van der Waals surface area contributed by atoms with E-state index >= 15 is 0 Å². The van der Waals surface area contributed by atoms with E-state index in [0.717, 1.165) is 9.51 Å². The van der Waals surface area contributed by atoms with E-state index < -0.39 is 0 Å². The predicted octanol–water partition coefficient (Wildman–Crippen LogP) is -1.71. The van der Waals surface area contributed by atoms with Gasteiger partial charge in [0.1, 0.15) is 9.51 Å². The minimum absolute atomic E-state index is 0.215. The van der Waals surface area contributed by atoms with Gasteiger partial charge in [-0.2, -0.15) is 0 Å². The zero-order valence-corrected chi connectivity index (χ0v) is 8.55. The van der Waals surface area contributed by atoms with Crippen molar-refractivity contribution in [1.82, 2.24) is 10.2 Å². The molecule has 0 saturated carbocycles. The lowest BCUT2D eigenvalue weighted by molar-refractivity contribution is 0.624. The summed E-state index contributed by atoms with van der Waals surface area (Å²) in [4.78, 5) is 0. The second kappa shape index (κ2) is 3.39. The number of nitrogens with zero attached hydrogens (tertiary/aromatic N) is 2. The van der Waals surface area contributed by atoms with Crippen LogP contribution in [0.4, 0.5) is 0 Å². The molecule has 0 bridgehead atoms. The van der Waals surface area contributed by atoms with Gasteiger partial charge in [0.05, 0.1) is 0 Å². The molecule has 0 unspecified atom stereocenters. The van der Waals surface area contributed by atoms with E-state index in [9.17, 15) is 0 Å². The standard InChI is InChI=1S/C2N2O.2CH3.2Al.2H/c1-3-4-2-5-1;;;;;;/h;2*1H3;;;;. The molecule has 46 valence electrons. The second-order valence-electron chi connectivity index (χ2n) is 1.80. The first-order valence-electron chi connectivity index (χ1n) is 3.18. The topological polar surface area (TPSA) is 38.9 Å². The van der Waals surface area contributed by atoms with Crippen LogP contribution in [-0.2, 0) is 0 Å². The molecule has 0 spiro atoms. The average Bonchev–Trinajstić information content (AvgIpc) is 2.34. The van der Waals surface area contributed by atoms with E-state index in [0.29, 0.717) is 0 Å².